The molecule has 0 saturated carbocycles. The van der Waals surface area contributed by atoms with Gasteiger partial charge in [-0.05, 0) is 48.5 Å². The molecule has 1 rings (SSSR count). The third-order valence-corrected chi connectivity index (χ3v) is 6.05. The van der Waals surface area contributed by atoms with Crippen LogP contribution in [0.15, 0.2) is 4.99 Å². The van der Waals surface area contributed by atoms with Gasteiger partial charge in [-0.3, -0.25) is 14.0 Å². The van der Waals surface area contributed by atoms with Crippen molar-refractivity contribution in [1.82, 2.24) is 15.1 Å². The number of guanidine groups is 1. The van der Waals surface area contributed by atoms with Crippen LogP contribution in [0.4, 0.5) is 0 Å². The number of nitrogens with zero attached hydrogens (tertiary/aromatic N) is 3. The van der Waals surface area contributed by atoms with E-state index >= 15 is 0 Å². The molecule has 0 spiro atoms. The van der Waals surface area contributed by atoms with Crippen LogP contribution in [0, 0.1) is 0 Å². The summed E-state index contributed by atoms with van der Waals surface area (Å²) in [5.74, 6) is 1.37. The van der Waals surface area contributed by atoms with Gasteiger partial charge in [0.15, 0.2) is 5.96 Å². The maximum Gasteiger partial charge on any atom is 0.242 e. The normalized spacial score (nSPS) is 19.7. The van der Waals surface area contributed by atoms with E-state index in [1.54, 1.807) is 7.05 Å². The molecule has 0 bridgehead atoms. The van der Waals surface area contributed by atoms with E-state index in [1.807, 2.05) is 44.4 Å². The fraction of sp³-hybridized carbons (Fsp3) is 0.882. The lowest BCUT2D eigenvalue weighted by atomic mass is 9.96. The van der Waals surface area contributed by atoms with Gasteiger partial charge in [0.1, 0.15) is 0 Å². The molecule has 0 aliphatic carbocycles. The summed E-state index contributed by atoms with van der Waals surface area (Å²) in [5, 5.41) is 3.26. The van der Waals surface area contributed by atoms with Crippen LogP contribution in [0.25, 0.3) is 0 Å². The summed E-state index contributed by atoms with van der Waals surface area (Å²) in [5.41, 5.74) is -0.255. The van der Waals surface area contributed by atoms with Crippen molar-refractivity contribution >= 4 is 46.6 Å². The number of nitrogens with one attached hydrogen (secondary N) is 1. The minimum Gasteiger partial charge on any atom is -0.355 e. The van der Waals surface area contributed by atoms with Crippen LogP contribution in [0.5, 0.6) is 0 Å². The zero-order valence-corrected chi connectivity index (χ0v) is 20.0. The highest BCUT2D eigenvalue weighted by molar-refractivity contribution is 14.0. The van der Waals surface area contributed by atoms with Gasteiger partial charge >= 0.3 is 0 Å². The lowest BCUT2D eigenvalue weighted by Gasteiger charge is -2.49. The lowest BCUT2D eigenvalue weighted by molar-refractivity contribution is -0.145. The smallest absolute Gasteiger partial charge is 0.242 e. The SMILES string of the molecule is CN=C(NCCS(=O)C(C)(C)C)N1CC(=O)N(C(C)C)C(C)(C)C1.I. The van der Waals surface area contributed by atoms with Gasteiger partial charge in [0, 0.05) is 47.5 Å². The van der Waals surface area contributed by atoms with Crippen molar-refractivity contribution in [2.45, 2.75) is 64.8 Å². The Kier molecular flexibility index (Phi) is 9.38. The third-order valence-electron chi connectivity index (χ3n) is 4.11. The number of halogens is 1. The first-order valence-corrected chi connectivity index (χ1v) is 9.88. The second-order valence-corrected chi connectivity index (χ2v) is 10.5. The highest BCUT2D eigenvalue weighted by atomic mass is 127. The van der Waals surface area contributed by atoms with Crippen molar-refractivity contribution in [2.75, 3.05) is 32.4 Å². The van der Waals surface area contributed by atoms with Crippen LogP contribution >= 0.6 is 24.0 Å². The third kappa shape index (κ3) is 6.69. The van der Waals surface area contributed by atoms with Crippen molar-refractivity contribution in [3.63, 3.8) is 0 Å². The second-order valence-electron chi connectivity index (χ2n) is 8.16. The Morgan fingerprint density at radius 3 is 2.32 bits per heavy atom. The number of rotatable bonds is 4. The van der Waals surface area contributed by atoms with Gasteiger partial charge in [0.05, 0.1) is 12.1 Å². The molecule has 0 aromatic rings. The van der Waals surface area contributed by atoms with Gasteiger partial charge in [-0.15, -0.1) is 24.0 Å². The fourth-order valence-electron chi connectivity index (χ4n) is 3.21. The average molecular weight is 486 g/mol. The zero-order chi connectivity index (χ0) is 18.7. The molecule has 1 aliphatic rings. The first-order chi connectivity index (χ1) is 10.9. The monoisotopic (exact) mass is 486 g/mol. The van der Waals surface area contributed by atoms with Gasteiger partial charge in [0.25, 0.3) is 0 Å². The number of hydrogen-bond acceptors (Lipinski definition) is 3. The average Bonchev–Trinajstić information content (AvgIpc) is 2.39. The van der Waals surface area contributed by atoms with Gasteiger partial charge < -0.3 is 15.1 Å². The minimum atomic E-state index is -0.906. The second kappa shape index (κ2) is 9.53. The Hall–Kier alpha value is -0.380. The first-order valence-electron chi connectivity index (χ1n) is 8.56. The maximum atomic E-state index is 12.5. The standard InChI is InChI=1S/C17H34N4O2S.HI/c1-13(2)21-14(22)11-20(12-17(21,6)7)15(18-8)19-9-10-24(23)16(3,4)5;/h13H,9-12H2,1-8H3,(H,18,19);1H. The molecular formula is C17H35IN4O2S. The molecule has 1 N–H and O–H groups in total. The van der Waals surface area contributed by atoms with E-state index in [9.17, 15) is 9.00 Å². The molecule has 1 amide bonds. The summed E-state index contributed by atoms with van der Waals surface area (Å²) in [7, 11) is 0.812. The highest BCUT2D eigenvalue weighted by Gasteiger charge is 2.40. The van der Waals surface area contributed by atoms with Crippen molar-refractivity contribution in [1.29, 1.82) is 0 Å². The summed E-state index contributed by atoms with van der Waals surface area (Å²) in [6.07, 6.45) is 0. The van der Waals surface area contributed by atoms with Crippen molar-refractivity contribution < 1.29 is 9.00 Å². The molecule has 1 heterocycles. The van der Waals surface area contributed by atoms with Crippen molar-refractivity contribution in [2.24, 2.45) is 4.99 Å². The molecule has 25 heavy (non-hydrogen) atoms. The van der Waals surface area contributed by atoms with E-state index in [-0.39, 0.29) is 46.2 Å². The molecule has 0 aromatic carbocycles. The zero-order valence-electron chi connectivity index (χ0n) is 16.9. The molecule has 1 fully saturated rings. The van der Waals surface area contributed by atoms with E-state index in [4.69, 9.17) is 0 Å². The Morgan fingerprint density at radius 2 is 1.92 bits per heavy atom. The number of carbonyl (C=O) groups excluding carboxylic acids is 1. The highest BCUT2D eigenvalue weighted by Crippen LogP contribution is 2.24. The summed E-state index contributed by atoms with van der Waals surface area (Å²) in [4.78, 5) is 20.8. The van der Waals surface area contributed by atoms with E-state index in [0.717, 1.165) is 6.54 Å². The van der Waals surface area contributed by atoms with Crippen molar-refractivity contribution in [3.8, 4) is 0 Å². The number of hydrogen-bond donors (Lipinski definition) is 1. The maximum absolute atomic E-state index is 12.5. The van der Waals surface area contributed by atoms with Crippen LogP contribution in [-0.2, 0) is 15.6 Å². The molecule has 1 aliphatic heterocycles. The van der Waals surface area contributed by atoms with Crippen molar-refractivity contribution in [3.05, 3.63) is 0 Å². The topological polar surface area (TPSA) is 65.0 Å². The molecular weight excluding hydrogens is 451 g/mol. The summed E-state index contributed by atoms with van der Waals surface area (Å²) in [6, 6.07) is 0.179. The molecule has 1 saturated heterocycles. The number of amides is 1. The van der Waals surface area contributed by atoms with Crippen LogP contribution in [0.3, 0.4) is 0 Å². The van der Waals surface area contributed by atoms with Crippen LogP contribution in [-0.4, -0.2) is 74.6 Å². The van der Waals surface area contributed by atoms with E-state index in [1.165, 1.54) is 0 Å². The Balaban J connectivity index is 0.00000576. The van der Waals surface area contributed by atoms with Crippen LogP contribution < -0.4 is 5.32 Å². The summed E-state index contributed by atoms with van der Waals surface area (Å²) in [6.45, 7) is 15.8. The van der Waals surface area contributed by atoms with E-state index in [2.05, 4.69) is 24.2 Å². The molecule has 6 nitrogen and oxygen atoms in total. The Morgan fingerprint density at radius 1 is 1.36 bits per heavy atom. The largest absolute Gasteiger partial charge is 0.355 e. The van der Waals surface area contributed by atoms with Crippen LogP contribution in [0.2, 0.25) is 0 Å². The molecule has 8 heteroatoms. The van der Waals surface area contributed by atoms with Gasteiger partial charge in [-0.2, -0.15) is 0 Å². The molecule has 0 aromatic heterocycles. The number of piperazine rings is 1. The fourth-order valence-corrected chi connectivity index (χ4v) is 4.11. The van der Waals surface area contributed by atoms with E-state index < -0.39 is 10.8 Å². The number of carbonyl (C=O) groups is 1. The number of aliphatic imine (C=N–C) groups is 1. The first kappa shape index (κ1) is 24.6. The van der Waals surface area contributed by atoms with Crippen LogP contribution in [0.1, 0.15) is 48.5 Å². The summed E-state index contributed by atoms with van der Waals surface area (Å²) < 4.78 is 11.9. The van der Waals surface area contributed by atoms with E-state index in [0.29, 0.717) is 24.8 Å². The lowest BCUT2D eigenvalue weighted by Crippen LogP contribution is -2.66. The predicted molar refractivity (Wildman–Crippen MR) is 117 cm³/mol. The Bertz CT molecular complexity index is 515. The molecule has 1 unspecified atom stereocenters. The predicted octanol–water partition coefficient (Wildman–Crippen LogP) is 2.06. The summed E-state index contributed by atoms with van der Waals surface area (Å²) >= 11 is 0. The molecule has 1 atom stereocenters. The van der Waals surface area contributed by atoms with Gasteiger partial charge in [-0.1, -0.05) is 0 Å². The molecule has 0 radical (unpaired) electrons. The quantitative estimate of drug-likeness (QED) is 0.376. The minimum absolute atomic E-state index is 0. The molecule has 148 valence electrons. The van der Waals surface area contributed by atoms with Gasteiger partial charge in [0.2, 0.25) is 5.91 Å². The van der Waals surface area contributed by atoms with Gasteiger partial charge in [-0.25, -0.2) is 0 Å². The Labute approximate surface area is 172 Å².